The second kappa shape index (κ2) is 6.06. The Morgan fingerprint density at radius 3 is 2.81 bits per heavy atom. The van der Waals surface area contributed by atoms with E-state index in [4.69, 9.17) is 6.42 Å². The smallest absolute Gasteiger partial charge is 0.186 e. The summed E-state index contributed by atoms with van der Waals surface area (Å²) in [5, 5.41) is 2.91. The molecule has 1 N–H and O–H groups in total. The van der Waals surface area contributed by atoms with Gasteiger partial charge in [0.25, 0.3) is 0 Å². The fourth-order valence-corrected chi connectivity index (χ4v) is 1.40. The minimum absolute atomic E-state index is 0.181. The van der Waals surface area contributed by atoms with E-state index in [0.717, 1.165) is 12.8 Å². The van der Waals surface area contributed by atoms with Crippen LogP contribution in [0.5, 0.6) is 0 Å². The SMILES string of the molecule is C#CC(CCC)Nc1ncnc(CC)c1F. The van der Waals surface area contributed by atoms with Gasteiger partial charge in [0.1, 0.15) is 6.33 Å². The Bertz CT molecular complexity index is 384. The first-order valence-corrected chi connectivity index (χ1v) is 5.44. The van der Waals surface area contributed by atoms with Crippen molar-refractivity contribution in [1.82, 2.24) is 9.97 Å². The lowest BCUT2D eigenvalue weighted by atomic mass is 10.2. The summed E-state index contributed by atoms with van der Waals surface area (Å²) in [6, 6.07) is -0.181. The third-order valence-corrected chi connectivity index (χ3v) is 2.29. The molecule has 1 atom stereocenters. The van der Waals surface area contributed by atoms with Crippen LogP contribution in [-0.4, -0.2) is 16.0 Å². The van der Waals surface area contributed by atoms with Crippen molar-refractivity contribution in [3.05, 3.63) is 17.8 Å². The highest BCUT2D eigenvalue weighted by molar-refractivity contribution is 5.40. The number of hydrogen-bond acceptors (Lipinski definition) is 3. The van der Waals surface area contributed by atoms with Gasteiger partial charge in [0.2, 0.25) is 0 Å². The van der Waals surface area contributed by atoms with Crippen LogP contribution in [-0.2, 0) is 6.42 Å². The molecule has 0 fully saturated rings. The fourth-order valence-electron chi connectivity index (χ4n) is 1.40. The standard InChI is InChI=1S/C12H16FN3/c1-4-7-9(5-2)16-12-11(13)10(6-3)14-8-15-12/h2,8-9H,4,6-7H2,1,3H3,(H,14,15,16). The summed E-state index contributed by atoms with van der Waals surface area (Å²) in [5.41, 5.74) is 0.407. The summed E-state index contributed by atoms with van der Waals surface area (Å²) in [6.07, 6.45) is 8.97. The van der Waals surface area contributed by atoms with Gasteiger partial charge in [0, 0.05) is 0 Å². The number of aromatic nitrogens is 2. The maximum atomic E-state index is 13.8. The zero-order valence-electron chi connectivity index (χ0n) is 9.63. The molecule has 86 valence electrons. The van der Waals surface area contributed by atoms with Crippen LogP contribution >= 0.6 is 0 Å². The molecule has 4 heteroatoms. The highest BCUT2D eigenvalue weighted by Crippen LogP contribution is 2.15. The highest BCUT2D eigenvalue weighted by Gasteiger charge is 2.12. The number of nitrogens with one attached hydrogen (secondary N) is 1. The van der Waals surface area contributed by atoms with Crippen molar-refractivity contribution < 1.29 is 4.39 Å². The average molecular weight is 221 g/mol. The molecule has 1 unspecified atom stereocenters. The molecule has 3 nitrogen and oxygen atoms in total. The van der Waals surface area contributed by atoms with Crippen molar-refractivity contribution >= 4 is 5.82 Å². The van der Waals surface area contributed by atoms with E-state index in [1.54, 1.807) is 0 Å². The minimum atomic E-state index is -0.402. The summed E-state index contributed by atoms with van der Waals surface area (Å²) < 4.78 is 13.8. The predicted molar refractivity (Wildman–Crippen MR) is 62.5 cm³/mol. The van der Waals surface area contributed by atoms with Crippen molar-refractivity contribution in [3.8, 4) is 12.3 Å². The van der Waals surface area contributed by atoms with E-state index in [9.17, 15) is 4.39 Å². The van der Waals surface area contributed by atoms with Crippen molar-refractivity contribution in [2.75, 3.05) is 5.32 Å². The summed E-state index contributed by atoms with van der Waals surface area (Å²) in [4.78, 5) is 7.72. The predicted octanol–water partition coefficient (Wildman–Crippen LogP) is 2.39. The zero-order valence-corrected chi connectivity index (χ0v) is 9.63. The molecule has 1 rings (SSSR count). The number of aryl methyl sites for hydroxylation is 1. The van der Waals surface area contributed by atoms with Crippen molar-refractivity contribution in [2.24, 2.45) is 0 Å². The van der Waals surface area contributed by atoms with Gasteiger partial charge >= 0.3 is 0 Å². The molecule has 0 radical (unpaired) electrons. The second-order valence-electron chi connectivity index (χ2n) is 3.49. The number of terminal acetylenes is 1. The molecule has 1 aromatic heterocycles. The Hall–Kier alpha value is -1.63. The average Bonchev–Trinajstić information content (AvgIpc) is 2.31. The minimum Gasteiger partial charge on any atom is -0.354 e. The van der Waals surface area contributed by atoms with Gasteiger partial charge in [-0.05, 0) is 12.8 Å². The van der Waals surface area contributed by atoms with Crippen LogP contribution < -0.4 is 5.32 Å². The normalized spacial score (nSPS) is 11.9. The Kier molecular flexibility index (Phi) is 4.71. The highest BCUT2D eigenvalue weighted by atomic mass is 19.1. The van der Waals surface area contributed by atoms with E-state index < -0.39 is 5.82 Å². The monoisotopic (exact) mass is 221 g/mol. The molecule has 0 amide bonds. The van der Waals surface area contributed by atoms with Crippen LogP contribution in [0.3, 0.4) is 0 Å². The Balaban J connectivity index is 2.84. The van der Waals surface area contributed by atoms with Gasteiger partial charge in [0.05, 0.1) is 11.7 Å². The molecule has 0 bridgehead atoms. The third kappa shape index (κ3) is 2.93. The maximum Gasteiger partial charge on any atom is 0.186 e. The molecule has 0 aliphatic heterocycles. The van der Waals surface area contributed by atoms with Crippen LogP contribution in [0.15, 0.2) is 6.33 Å². The largest absolute Gasteiger partial charge is 0.354 e. The Morgan fingerprint density at radius 2 is 2.25 bits per heavy atom. The molecular weight excluding hydrogens is 205 g/mol. The third-order valence-electron chi connectivity index (χ3n) is 2.29. The first-order chi connectivity index (χ1) is 7.72. The van der Waals surface area contributed by atoms with Crippen molar-refractivity contribution in [3.63, 3.8) is 0 Å². The summed E-state index contributed by atoms with van der Waals surface area (Å²) >= 11 is 0. The number of hydrogen-bond donors (Lipinski definition) is 1. The molecule has 0 saturated carbocycles. The zero-order chi connectivity index (χ0) is 12.0. The van der Waals surface area contributed by atoms with Crippen LogP contribution in [0.25, 0.3) is 0 Å². The number of nitrogens with zero attached hydrogens (tertiary/aromatic N) is 2. The molecule has 16 heavy (non-hydrogen) atoms. The number of rotatable bonds is 5. The van der Waals surface area contributed by atoms with E-state index in [0.29, 0.717) is 12.1 Å². The van der Waals surface area contributed by atoms with Gasteiger partial charge in [0.15, 0.2) is 11.6 Å². The van der Waals surface area contributed by atoms with Gasteiger partial charge in [-0.2, -0.15) is 0 Å². The molecule has 0 aromatic carbocycles. The van der Waals surface area contributed by atoms with Gasteiger partial charge in [-0.25, -0.2) is 14.4 Å². The molecule has 0 aliphatic carbocycles. The van der Waals surface area contributed by atoms with Crippen LogP contribution in [0.4, 0.5) is 10.2 Å². The van der Waals surface area contributed by atoms with Crippen molar-refractivity contribution in [1.29, 1.82) is 0 Å². The lowest BCUT2D eigenvalue weighted by Crippen LogP contribution is -2.19. The van der Waals surface area contributed by atoms with E-state index >= 15 is 0 Å². The number of anilines is 1. The molecule has 1 aromatic rings. The lowest BCUT2D eigenvalue weighted by molar-refractivity contribution is 0.593. The molecule has 0 aliphatic rings. The van der Waals surface area contributed by atoms with E-state index in [-0.39, 0.29) is 11.9 Å². The van der Waals surface area contributed by atoms with E-state index in [1.807, 2.05) is 13.8 Å². The second-order valence-corrected chi connectivity index (χ2v) is 3.49. The first kappa shape index (κ1) is 12.4. The molecule has 1 heterocycles. The van der Waals surface area contributed by atoms with Crippen molar-refractivity contribution in [2.45, 2.75) is 39.2 Å². The molecule has 0 saturated heterocycles. The maximum absolute atomic E-state index is 13.8. The fraction of sp³-hybridized carbons (Fsp3) is 0.500. The first-order valence-electron chi connectivity index (χ1n) is 5.44. The Morgan fingerprint density at radius 1 is 1.50 bits per heavy atom. The van der Waals surface area contributed by atoms with E-state index in [2.05, 4.69) is 21.2 Å². The molecular formula is C12H16FN3. The topological polar surface area (TPSA) is 37.8 Å². The van der Waals surface area contributed by atoms with E-state index in [1.165, 1.54) is 6.33 Å². The number of halogens is 1. The van der Waals surface area contributed by atoms with Gasteiger partial charge in [-0.1, -0.05) is 26.2 Å². The summed E-state index contributed by atoms with van der Waals surface area (Å²) in [6.45, 7) is 3.87. The van der Waals surface area contributed by atoms with Gasteiger partial charge in [-0.15, -0.1) is 6.42 Å². The van der Waals surface area contributed by atoms with Crippen LogP contribution in [0, 0.1) is 18.2 Å². The van der Waals surface area contributed by atoms with Gasteiger partial charge < -0.3 is 5.32 Å². The van der Waals surface area contributed by atoms with Crippen LogP contribution in [0.2, 0.25) is 0 Å². The summed E-state index contributed by atoms with van der Waals surface area (Å²) in [5.74, 6) is 2.37. The lowest BCUT2D eigenvalue weighted by Gasteiger charge is -2.13. The summed E-state index contributed by atoms with van der Waals surface area (Å²) in [7, 11) is 0. The Labute approximate surface area is 95.5 Å². The van der Waals surface area contributed by atoms with Crippen LogP contribution in [0.1, 0.15) is 32.4 Å². The molecule has 0 spiro atoms. The van der Waals surface area contributed by atoms with Gasteiger partial charge in [-0.3, -0.25) is 0 Å². The quantitative estimate of drug-likeness (QED) is 0.776.